The molecule has 1 aliphatic rings. The van der Waals surface area contributed by atoms with Gasteiger partial charge in [0, 0.05) is 17.8 Å². The van der Waals surface area contributed by atoms with Gasteiger partial charge in [-0.1, -0.05) is 12.5 Å². The Balaban J connectivity index is 1.79. The Morgan fingerprint density at radius 2 is 2.31 bits per heavy atom. The quantitative estimate of drug-likeness (QED) is 0.845. The number of aromatic nitrogens is 1. The first kappa shape index (κ1) is 12.4. The molecular weight excluding hydrogens is 284 g/mol. The Bertz CT molecular complexity index is 347. The van der Waals surface area contributed by atoms with E-state index in [0.29, 0.717) is 4.75 Å². The third kappa shape index (κ3) is 2.99. The summed E-state index contributed by atoms with van der Waals surface area (Å²) in [5, 5.41) is 3.52. The number of halogens is 1. The molecule has 1 aromatic heterocycles. The maximum absolute atomic E-state index is 4.41. The highest BCUT2D eigenvalue weighted by atomic mass is 79.9. The van der Waals surface area contributed by atoms with Crippen LogP contribution in [-0.4, -0.2) is 22.5 Å². The summed E-state index contributed by atoms with van der Waals surface area (Å²) < 4.78 is 1.42. The van der Waals surface area contributed by atoms with Gasteiger partial charge in [-0.2, -0.15) is 11.8 Å². The molecule has 4 heteroatoms. The smallest absolute Gasteiger partial charge is 0.106 e. The monoisotopic (exact) mass is 300 g/mol. The molecule has 1 aliphatic carbocycles. The summed E-state index contributed by atoms with van der Waals surface area (Å²) in [6, 6.07) is 6.05. The second-order valence-corrected chi connectivity index (χ2v) is 6.38. The number of nitrogens with zero attached hydrogens (tertiary/aromatic N) is 1. The molecule has 0 atom stereocenters. The van der Waals surface area contributed by atoms with Crippen molar-refractivity contribution in [3.8, 4) is 0 Å². The lowest BCUT2D eigenvalue weighted by molar-refractivity contribution is 0.345. The fourth-order valence-electron chi connectivity index (χ4n) is 1.99. The molecule has 0 amide bonds. The molecule has 1 heterocycles. The van der Waals surface area contributed by atoms with E-state index in [2.05, 4.69) is 38.6 Å². The Morgan fingerprint density at radius 3 is 2.88 bits per heavy atom. The molecule has 0 saturated heterocycles. The summed E-state index contributed by atoms with van der Waals surface area (Å²) in [6.07, 6.45) is 6.32. The number of hydrogen-bond donors (Lipinski definition) is 1. The molecule has 0 aromatic carbocycles. The Morgan fingerprint density at radius 1 is 1.50 bits per heavy atom. The van der Waals surface area contributed by atoms with Gasteiger partial charge in [0.15, 0.2) is 0 Å². The fourth-order valence-corrected chi connectivity index (χ4v) is 3.32. The van der Waals surface area contributed by atoms with Crippen molar-refractivity contribution < 1.29 is 0 Å². The third-order valence-electron chi connectivity index (χ3n) is 3.22. The van der Waals surface area contributed by atoms with Crippen LogP contribution >= 0.6 is 27.7 Å². The summed E-state index contributed by atoms with van der Waals surface area (Å²) in [5.41, 5.74) is 1.10. The van der Waals surface area contributed by atoms with Gasteiger partial charge in [-0.15, -0.1) is 0 Å². The van der Waals surface area contributed by atoms with Crippen LogP contribution in [0.5, 0.6) is 0 Å². The van der Waals surface area contributed by atoms with Crippen LogP contribution in [-0.2, 0) is 6.54 Å². The molecule has 0 aliphatic heterocycles. The van der Waals surface area contributed by atoms with Crippen LogP contribution in [0.4, 0.5) is 0 Å². The summed E-state index contributed by atoms with van der Waals surface area (Å²) >= 11 is 5.39. The van der Waals surface area contributed by atoms with Crippen molar-refractivity contribution in [1.82, 2.24) is 10.3 Å². The average Bonchev–Trinajstić information content (AvgIpc) is 2.22. The van der Waals surface area contributed by atoms with Gasteiger partial charge >= 0.3 is 0 Å². The van der Waals surface area contributed by atoms with E-state index in [9.17, 15) is 0 Å². The van der Waals surface area contributed by atoms with Crippen molar-refractivity contribution in [2.45, 2.75) is 30.6 Å². The normalized spacial score (nSPS) is 18.1. The Kier molecular flexibility index (Phi) is 4.27. The lowest BCUT2D eigenvalue weighted by Crippen LogP contribution is -2.43. The van der Waals surface area contributed by atoms with Crippen LogP contribution in [0.2, 0.25) is 0 Å². The number of hydrogen-bond acceptors (Lipinski definition) is 3. The van der Waals surface area contributed by atoms with Crippen LogP contribution in [0.3, 0.4) is 0 Å². The molecule has 1 fully saturated rings. The molecule has 1 aromatic rings. The van der Waals surface area contributed by atoms with E-state index in [-0.39, 0.29) is 0 Å². The van der Waals surface area contributed by atoms with E-state index in [1.165, 1.54) is 19.3 Å². The van der Waals surface area contributed by atoms with Gasteiger partial charge in [-0.05, 0) is 47.2 Å². The van der Waals surface area contributed by atoms with E-state index >= 15 is 0 Å². The zero-order chi connectivity index (χ0) is 11.4. The maximum Gasteiger partial charge on any atom is 0.106 e. The van der Waals surface area contributed by atoms with Gasteiger partial charge in [0.1, 0.15) is 4.60 Å². The van der Waals surface area contributed by atoms with Gasteiger partial charge in [0.25, 0.3) is 0 Å². The van der Waals surface area contributed by atoms with E-state index in [1.807, 2.05) is 23.9 Å². The fraction of sp³-hybridized carbons (Fsp3) is 0.583. The number of pyridine rings is 1. The zero-order valence-electron chi connectivity index (χ0n) is 9.50. The average molecular weight is 301 g/mol. The first-order valence-electron chi connectivity index (χ1n) is 5.61. The maximum atomic E-state index is 4.41. The topological polar surface area (TPSA) is 24.9 Å². The minimum atomic E-state index is 0.506. The standard InChI is InChI=1S/C12H17BrN2S/c1-16-12(6-3-7-12)9-14-8-10-4-2-5-11(13)15-10/h2,4-5,14H,3,6-9H2,1H3. The Hall–Kier alpha value is -0.0600. The molecule has 2 rings (SSSR count). The highest BCUT2D eigenvalue weighted by molar-refractivity contribution is 9.10. The van der Waals surface area contributed by atoms with Crippen LogP contribution in [0, 0.1) is 0 Å². The van der Waals surface area contributed by atoms with Crippen LogP contribution in [0.1, 0.15) is 25.0 Å². The second-order valence-electron chi connectivity index (χ2n) is 4.30. The predicted molar refractivity (Wildman–Crippen MR) is 73.7 cm³/mol. The molecule has 0 spiro atoms. The van der Waals surface area contributed by atoms with E-state index in [1.54, 1.807) is 0 Å². The molecule has 1 saturated carbocycles. The zero-order valence-corrected chi connectivity index (χ0v) is 11.9. The Labute approximate surface area is 110 Å². The van der Waals surface area contributed by atoms with Crippen molar-refractivity contribution in [2.24, 2.45) is 0 Å². The molecule has 2 nitrogen and oxygen atoms in total. The molecule has 1 N–H and O–H groups in total. The van der Waals surface area contributed by atoms with Gasteiger partial charge < -0.3 is 5.32 Å². The first-order chi connectivity index (χ1) is 7.74. The predicted octanol–water partition coefficient (Wildman–Crippen LogP) is 3.22. The van der Waals surface area contributed by atoms with Crippen molar-refractivity contribution in [2.75, 3.05) is 12.8 Å². The largest absolute Gasteiger partial charge is 0.310 e. The summed E-state index contributed by atoms with van der Waals surface area (Å²) in [5.74, 6) is 0. The van der Waals surface area contributed by atoms with Crippen LogP contribution < -0.4 is 5.32 Å². The first-order valence-corrected chi connectivity index (χ1v) is 7.63. The highest BCUT2D eigenvalue weighted by Gasteiger charge is 2.35. The van der Waals surface area contributed by atoms with Crippen LogP contribution in [0.25, 0.3) is 0 Å². The SMILES string of the molecule is CSC1(CNCc2cccc(Br)n2)CCC1. The lowest BCUT2D eigenvalue weighted by atomic mass is 9.84. The molecule has 0 bridgehead atoms. The van der Waals surface area contributed by atoms with Gasteiger partial charge in [0.2, 0.25) is 0 Å². The summed E-state index contributed by atoms with van der Waals surface area (Å²) in [7, 11) is 0. The lowest BCUT2D eigenvalue weighted by Gasteiger charge is -2.40. The van der Waals surface area contributed by atoms with E-state index < -0.39 is 0 Å². The summed E-state index contributed by atoms with van der Waals surface area (Å²) in [4.78, 5) is 4.41. The minimum absolute atomic E-state index is 0.506. The van der Waals surface area contributed by atoms with Crippen molar-refractivity contribution in [3.63, 3.8) is 0 Å². The highest BCUT2D eigenvalue weighted by Crippen LogP contribution is 2.42. The van der Waals surface area contributed by atoms with Crippen LogP contribution in [0.15, 0.2) is 22.8 Å². The third-order valence-corrected chi connectivity index (χ3v) is 5.08. The summed E-state index contributed by atoms with van der Waals surface area (Å²) in [6.45, 7) is 1.96. The number of thioether (sulfide) groups is 1. The van der Waals surface area contributed by atoms with Crippen molar-refractivity contribution in [3.05, 3.63) is 28.5 Å². The molecular formula is C12H17BrN2S. The molecule has 16 heavy (non-hydrogen) atoms. The van der Waals surface area contributed by atoms with Crippen molar-refractivity contribution in [1.29, 1.82) is 0 Å². The molecule has 0 unspecified atom stereocenters. The minimum Gasteiger partial charge on any atom is -0.310 e. The molecule has 88 valence electrons. The van der Waals surface area contributed by atoms with Gasteiger partial charge in [-0.3, -0.25) is 0 Å². The van der Waals surface area contributed by atoms with E-state index in [4.69, 9.17) is 0 Å². The molecule has 0 radical (unpaired) electrons. The number of rotatable bonds is 5. The van der Waals surface area contributed by atoms with Gasteiger partial charge in [-0.25, -0.2) is 4.98 Å². The van der Waals surface area contributed by atoms with Gasteiger partial charge in [0.05, 0.1) is 5.69 Å². The second kappa shape index (κ2) is 5.52. The van der Waals surface area contributed by atoms with E-state index in [0.717, 1.165) is 23.4 Å². The number of nitrogens with one attached hydrogen (secondary N) is 1. The van der Waals surface area contributed by atoms with Crippen molar-refractivity contribution >= 4 is 27.7 Å².